The number of carbonyl (C=O) groups is 3. The van der Waals surface area contributed by atoms with Crippen molar-refractivity contribution in [1.82, 2.24) is 5.32 Å². The highest BCUT2D eigenvalue weighted by molar-refractivity contribution is 7.99. The minimum absolute atomic E-state index is 0.123. The average Bonchev–Trinajstić information content (AvgIpc) is 2.66. The first-order valence-electron chi connectivity index (χ1n) is 8.13. The fourth-order valence-electron chi connectivity index (χ4n) is 2.70. The molecule has 1 aliphatic rings. The minimum atomic E-state index is -1.30. The summed E-state index contributed by atoms with van der Waals surface area (Å²) in [6.45, 7) is -0.391. The second kappa shape index (κ2) is 8.85. The molecule has 9 nitrogen and oxygen atoms in total. The zero-order chi connectivity index (χ0) is 20.0. The molecule has 2 amide bonds. The number of methoxy groups -OCH3 is 2. The van der Waals surface area contributed by atoms with Gasteiger partial charge in [0.15, 0.2) is 18.1 Å². The lowest BCUT2D eigenvalue weighted by molar-refractivity contribution is -0.144. The van der Waals surface area contributed by atoms with Crippen LogP contribution in [-0.2, 0) is 9.59 Å². The van der Waals surface area contributed by atoms with Gasteiger partial charge in [-0.2, -0.15) is 11.8 Å². The summed E-state index contributed by atoms with van der Waals surface area (Å²) in [4.78, 5) is 35.4. The number of carboxylic acids is 1. The van der Waals surface area contributed by atoms with Gasteiger partial charge in [0.2, 0.25) is 5.75 Å². The number of rotatable bonds is 8. The molecule has 10 heteroatoms. The molecule has 1 fully saturated rings. The molecule has 0 saturated carbocycles. The number of hydrogen-bond acceptors (Lipinski definition) is 7. The number of nitrogens with two attached hydrogens (primary N) is 1. The van der Waals surface area contributed by atoms with Crippen LogP contribution in [0.3, 0.4) is 0 Å². The predicted molar refractivity (Wildman–Crippen MR) is 98.6 cm³/mol. The van der Waals surface area contributed by atoms with Crippen LogP contribution in [0.4, 0.5) is 0 Å². The summed E-state index contributed by atoms with van der Waals surface area (Å²) in [7, 11) is 2.73. The van der Waals surface area contributed by atoms with Crippen molar-refractivity contribution in [2.24, 2.45) is 5.73 Å². The van der Waals surface area contributed by atoms with Crippen molar-refractivity contribution in [3.8, 4) is 17.2 Å². The van der Waals surface area contributed by atoms with Gasteiger partial charge in [0, 0.05) is 5.56 Å². The molecule has 2 rings (SSSR count). The maximum Gasteiger partial charge on any atom is 0.329 e. The summed E-state index contributed by atoms with van der Waals surface area (Å²) < 4.78 is 15.7. The van der Waals surface area contributed by atoms with E-state index in [9.17, 15) is 19.5 Å². The van der Waals surface area contributed by atoms with Crippen LogP contribution >= 0.6 is 11.8 Å². The highest BCUT2D eigenvalue weighted by Gasteiger charge is 2.41. The van der Waals surface area contributed by atoms with E-state index in [1.54, 1.807) is 11.8 Å². The van der Waals surface area contributed by atoms with E-state index in [4.69, 9.17) is 19.9 Å². The lowest BCUT2D eigenvalue weighted by atomic mass is 9.91. The first kappa shape index (κ1) is 20.7. The van der Waals surface area contributed by atoms with Crippen LogP contribution in [0.15, 0.2) is 12.1 Å². The summed E-state index contributed by atoms with van der Waals surface area (Å²) in [6.07, 6.45) is 0.680. The fourth-order valence-corrected chi connectivity index (χ4v) is 3.89. The predicted octanol–water partition coefficient (Wildman–Crippen LogP) is 0.648. The van der Waals surface area contributed by atoms with E-state index in [1.807, 2.05) is 0 Å². The lowest BCUT2D eigenvalue weighted by Gasteiger charge is -2.33. The van der Waals surface area contributed by atoms with Gasteiger partial charge in [-0.15, -0.1) is 0 Å². The fraction of sp³-hybridized carbons (Fsp3) is 0.471. The molecule has 0 radical (unpaired) electrons. The number of ether oxygens (including phenoxy) is 3. The Morgan fingerprint density at radius 2 is 1.74 bits per heavy atom. The van der Waals surface area contributed by atoms with Crippen LogP contribution in [-0.4, -0.2) is 60.8 Å². The first-order chi connectivity index (χ1) is 12.8. The topological polar surface area (TPSA) is 137 Å². The largest absolute Gasteiger partial charge is 0.493 e. The monoisotopic (exact) mass is 398 g/mol. The van der Waals surface area contributed by atoms with Gasteiger partial charge in [0.1, 0.15) is 5.54 Å². The van der Waals surface area contributed by atoms with E-state index in [1.165, 1.54) is 26.4 Å². The Bertz CT molecular complexity index is 707. The van der Waals surface area contributed by atoms with Gasteiger partial charge in [0.05, 0.1) is 14.2 Å². The van der Waals surface area contributed by atoms with Crippen LogP contribution < -0.4 is 25.3 Å². The Morgan fingerprint density at radius 1 is 1.19 bits per heavy atom. The highest BCUT2D eigenvalue weighted by atomic mass is 32.2. The van der Waals surface area contributed by atoms with Crippen molar-refractivity contribution in [2.75, 3.05) is 32.3 Å². The van der Waals surface area contributed by atoms with Gasteiger partial charge in [-0.3, -0.25) is 9.59 Å². The third kappa shape index (κ3) is 4.76. The number of aliphatic carboxylic acids is 1. The van der Waals surface area contributed by atoms with Gasteiger partial charge < -0.3 is 30.4 Å². The number of thioether (sulfide) groups is 1. The van der Waals surface area contributed by atoms with Crippen LogP contribution in [0.5, 0.6) is 17.2 Å². The summed E-state index contributed by atoms with van der Waals surface area (Å²) in [5, 5.41) is 12.3. The SMILES string of the molecule is COc1cc(C(=O)NC2(C(=O)O)CCSCC2)cc(OC)c1OCC(N)=O. The quantitative estimate of drug-likeness (QED) is 0.580. The summed E-state index contributed by atoms with van der Waals surface area (Å²) >= 11 is 1.65. The van der Waals surface area contributed by atoms with Gasteiger partial charge in [0.25, 0.3) is 11.8 Å². The lowest BCUT2D eigenvalue weighted by Crippen LogP contribution is -2.56. The zero-order valence-corrected chi connectivity index (χ0v) is 15.9. The Kier molecular flexibility index (Phi) is 6.78. The van der Waals surface area contributed by atoms with Crippen LogP contribution in [0.25, 0.3) is 0 Å². The molecule has 148 valence electrons. The number of primary amides is 1. The van der Waals surface area contributed by atoms with Gasteiger partial charge >= 0.3 is 5.97 Å². The number of carbonyl (C=O) groups excluding carboxylic acids is 2. The number of hydrogen-bond donors (Lipinski definition) is 3. The molecular formula is C17H22N2O7S. The maximum absolute atomic E-state index is 12.7. The molecule has 1 saturated heterocycles. The Labute approximate surface area is 160 Å². The Balaban J connectivity index is 2.32. The van der Waals surface area contributed by atoms with Crippen molar-refractivity contribution in [3.63, 3.8) is 0 Å². The van der Waals surface area contributed by atoms with Crippen molar-refractivity contribution < 1.29 is 33.7 Å². The summed E-state index contributed by atoms with van der Waals surface area (Å²) in [5.74, 6) is -0.567. The van der Waals surface area contributed by atoms with Crippen molar-refractivity contribution in [1.29, 1.82) is 0 Å². The Hall–Kier alpha value is -2.62. The van der Waals surface area contributed by atoms with Crippen LogP contribution in [0, 0.1) is 0 Å². The normalized spacial score (nSPS) is 15.5. The number of nitrogens with one attached hydrogen (secondary N) is 1. The van der Waals surface area contributed by atoms with E-state index in [0.29, 0.717) is 24.3 Å². The molecule has 0 unspecified atom stereocenters. The molecule has 0 bridgehead atoms. The smallest absolute Gasteiger partial charge is 0.329 e. The maximum atomic E-state index is 12.7. The molecule has 0 spiro atoms. The minimum Gasteiger partial charge on any atom is -0.493 e. The molecule has 0 aliphatic carbocycles. The molecule has 1 aliphatic heterocycles. The average molecular weight is 398 g/mol. The molecule has 4 N–H and O–H groups in total. The van der Waals surface area contributed by atoms with Crippen molar-refractivity contribution >= 4 is 29.5 Å². The van der Waals surface area contributed by atoms with E-state index in [2.05, 4.69) is 5.32 Å². The Morgan fingerprint density at radius 3 is 2.19 bits per heavy atom. The van der Waals surface area contributed by atoms with E-state index in [-0.39, 0.29) is 22.8 Å². The molecule has 0 atom stereocenters. The van der Waals surface area contributed by atoms with E-state index >= 15 is 0 Å². The number of amides is 2. The standard InChI is InChI=1S/C17H22N2O7S/c1-24-11-7-10(8-12(25-2)14(11)26-9-13(18)20)15(21)19-17(16(22)23)3-5-27-6-4-17/h7-8H,3-6,9H2,1-2H3,(H2,18,20)(H,19,21)(H,22,23). The van der Waals surface area contributed by atoms with E-state index < -0.39 is 29.9 Å². The third-order valence-corrected chi connectivity index (χ3v) is 5.18. The van der Waals surface area contributed by atoms with Gasteiger partial charge in [-0.25, -0.2) is 4.79 Å². The molecular weight excluding hydrogens is 376 g/mol. The molecule has 1 aromatic carbocycles. The number of benzene rings is 1. The molecule has 1 aromatic rings. The zero-order valence-electron chi connectivity index (χ0n) is 15.1. The highest BCUT2D eigenvalue weighted by Crippen LogP contribution is 2.39. The van der Waals surface area contributed by atoms with Gasteiger partial charge in [-0.1, -0.05) is 0 Å². The summed E-state index contributed by atoms with van der Waals surface area (Å²) in [6, 6.07) is 2.78. The molecule has 27 heavy (non-hydrogen) atoms. The number of carboxylic acid groups (broad SMARTS) is 1. The van der Waals surface area contributed by atoms with E-state index in [0.717, 1.165) is 0 Å². The second-order valence-electron chi connectivity index (χ2n) is 5.92. The summed E-state index contributed by atoms with van der Waals surface area (Å²) in [5.41, 5.74) is 3.93. The first-order valence-corrected chi connectivity index (χ1v) is 9.29. The van der Waals surface area contributed by atoms with Crippen LogP contribution in [0.1, 0.15) is 23.2 Å². The molecule has 1 heterocycles. The second-order valence-corrected chi connectivity index (χ2v) is 7.14. The third-order valence-electron chi connectivity index (χ3n) is 4.19. The van der Waals surface area contributed by atoms with Crippen molar-refractivity contribution in [3.05, 3.63) is 17.7 Å². The van der Waals surface area contributed by atoms with Gasteiger partial charge in [-0.05, 0) is 36.5 Å². The van der Waals surface area contributed by atoms with Crippen LogP contribution in [0.2, 0.25) is 0 Å². The molecule has 0 aromatic heterocycles. The van der Waals surface area contributed by atoms with Crippen molar-refractivity contribution in [2.45, 2.75) is 18.4 Å².